The molecule has 0 aliphatic carbocycles. The number of hydrogen-bond donors (Lipinski definition) is 1. The Morgan fingerprint density at radius 2 is 1.96 bits per heavy atom. The second kappa shape index (κ2) is 7.02. The van der Waals surface area contributed by atoms with E-state index in [1.165, 1.54) is 11.8 Å². The molecule has 0 bridgehead atoms. The highest BCUT2D eigenvalue weighted by Crippen LogP contribution is 2.22. The molecule has 118 valence electrons. The van der Waals surface area contributed by atoms with Crippen LogP contribution in [-0.4, -0.2) is 17.2 Å². The zero-order chi connectivity index (χ0) is 16.9. The second-order valence-corrected chi connectivity index (χ2v) is 5.68. The number of furan rings is 1. The Morgan fingerprint density at radius 1 is 1.21 bits per heavy atom. The lowest BCUT2D eigenvalue weighted by molar-refractivity contribution is 0.101. The number of benzene rings is 2. The Morgan fingerprint density at radius 3 is 2.62 bits per heavy atom. The summed E-state index contributed by atoms with van der Waals surface area (Å²) >= 11 is 1.33. The number of carbonyl (C=O) groups excluding carboxylic acids is 1. The molecule has 0 radical (unpaired) electrons. The Bertz CT molecular complexity index is 919. The molecule has 0 fully saturated rings. The SMILES string of the molecule is CSC(=Nc1ccc(C(=O)c2cc3ccccc3o2)cc1)NC#N. The van der Waals surface area contributed by atoms with Crippen molar-refractivity contribution in [1.29, 1.82) is 5.26 Å². The van der Waals surface area contributed by atoms with Crippen molar-refractivity contribution in [3.05, 3.63) is 65.9 Å². The molecule has 0 atom stereocenters. The number of nitriles is 1. The number of para-hydroxylation sites is 1. The number of nitrogens with one attached hydrogen (secondary N) is 1. The van der Waals surface area contributed by atoms with E-state index in [-0.39, 0.29) is 5.78 Å². The maximum atomic E-state index is 12.5. The zero-order valence-electron chi connectivity index (χ0n) is 12.8. The minimum absolute atomic E-state index is 0.179. The summed E-state index contributed by atoms with van der Waals surface area (Å²) in [6.07, 6.45) is 3.66. The Kier molecular flexibility index (Phi) is 4.64. The maximum Gasteiger partial charge on any atom is 0.228 e. The first-order valence-electron chi connectivity index (χ1n) is 7.12. The number of amidine groups is 1. The molecule has 24 heavy (non-hydrogen) atoms. The predicted octanol–water partition coefficient (Wildman–Crippen LogP) is 4.08. The average molecular weight is 335 g/mol. The van der Waals surface area contributed by atoms with Crippen molar-refractivity contribution in [3.8, 4) is 6.19 Å². The van der Waals surface area contributed by atoms with Gasteiger partial charge in [0.2, 0.25) is 5.78 Å². The topological polar surface area (TPSA) is 78.4 Å². The number of hydrogen-bond acceptors (Lipinski definition) is 5. The molecular formula is C18H13N3O2S. The molecule has 0 saturated carbocycles. The van der Waals surface area contributed by atoms with Crippen molar-refractivity contribution < 1.29 is 9.21 Å². The van der Waals surface area contributed by atoms with Gasteiger partial charge in [0.15, 0.2) is 17.1 Å². The minimum Gasteiger partial charge on any atom is -0.453 e. The van der Waals surface area contributed by atoms with Gasteiger partial charge < -0.3 is 4.42 Å². The standard InChI is InChI=1S/C18H13N3O2S/c1-24-18(20-11-19)21-14-8-6-12(7-9-14)17(22)16-10-13-4-2-3-5-15(13)23-16/h2-10H,1H3,(H,20,21). The predicted molar refractivity (Wildman–Crippen MR) is 95.4 cm³/mol. The molecule has 3 aromatic rings. The summed E-state index contributed by atoms with van der Waals surface area (Å²) in [5.41, 5.74) is 1.87. The smallest absolute Gasteiger partial charge is 0.228 e. The number of thioether (sulfide) groups is 1. The van der Waals surface area contributed by atoms with Crippen LogP contribution in [0.3, 0.4) is 0 Å². The van der Waals surface area contributed by atoms with Gasteiger partial charge in [0, 0.05) is 10.9 Å². The first kappa shape index (κ1) is 15.8. The van der Waals surface area contributed by atoms with E-state index >= 15 is 0 Å². The fourth-order valence-electron chi connectivity index (χ4n) is 2.21. The summed E-state index contributed by atoms with van der Waals surface area (Å²) in [6.45, 7) is 0. The maximum absolute atomic E-state index is 12.5. The number of carbonyl (C=O) groups is 1. The largest absolute Gasteiger partial charge is 0.453 e. The number of aliphatic imine (C=N–C) groups is 1. The lowest BCUT2D eigenvalue weighted by Crippen LogP contribution is -2.12. The molecule has 5 nitrogen and oxygen atoms in total. The van der Waals surface area contributed by atoms with E-state index in [9.17, 15) is 4.79 Å². The quantitative estimate of drug-likeness (QED) is 0.256. The molecular weight excluding hydrogens is 322 g/mol. The van der Waals surface area contributed by atoms with Crippen molar-refractivity contribution in [3.63, 3.8) is 0 Å². The Balaban J connectivity index is 1.85. The van der Waals surface area contributed by atoms with E-state index in [4.69, 9.17) is 9.68 Å². The van der Waals surface area contributed by atoms with Crippen molar-refractivity contribution >= 4 is 39.4 Å². The van der Waals surface area contributed by atoms with E-state index in [1.54, 1.807) is 30.3 Å². The van der Waals surface area contributed by atoms with Gasteiger partial charge in [-0.15, -0.1) is 0 Å². The summed E-state index contributed by atoms with van der Waals surface area (Å²) in [4.78, 5) is 16.8. The van der Waals surface area contributed by atoms with Crippen LogP contribution in [0.2, 0.25) is 0 Å². The lowest BCUT2D eigenvalue weighted by atomic mass is 10.1. The summed E-state index contributed by atoms with van der Waals surface area (Å²) in [6, 6.07) is 16.1. The fourth-order valence-corrected chi connectivity index (χ4v) is 2.56. The molecule has 6 heteroatoms. The van der Waals surface area contributed by atoms with Gasteiger partial charge in [0.1, 0.15) is 5.58 Å². The summed E-state index contributed by atoms with van der Waals surface area (Å²) in [5, 5.41) is 12.5. The van der Waals surface area contributed by atoms with Gasteiger partial charge in [0.25, 0.3) is 0 Å². The van der Waals surface area contributed by atoms with E-state index in [1.807, 2.05) is 36.7 Å². The van der Waals surface area contributed by atoms with Crippen LogP contribution in [-0.2, 0) is 0 Å². The molecule has 1 N–H and O–H groups in total. The molecule has 2 aromatic carbocycles. The third-order valence-electron chi connectivity index (χ3n) is 3.37. The highest BCUT2D eigenvalue weighted by Gasteiger charge is 2.14. The van der Waals surface area contributed by atoms with E-state index < -0.39 is 0 Å². The molecule has 0 spiro atoms. The van der Waals surface area contributed by atoms with E-state index in [0.29, 0.717) is 27.8 Å². The average Bonchev–Trinajstić information content (AvgIpc) is 3.05. The molecule has 0 aliphatic rings. The number of nitrogens with zero attached hydrogens (tertiary/aromatic N) is 2. The van der Waals surface area contributed by atoms with Gasteiger partial charge in [-0.25, -0.2) is 4.99 Å². The first-order valence-corrected chi connectivity index (χ1v) is 8.35. The van der Waals surface area contributed by atoms with Crippen LogP contribution in [0.15, 0.2) is 64.0 Å². The number of fused-ring (bicyclic) bond motifs is 1. The summed E-state index contributed by atoms with van der Waals surface area (Å²) in [5.74, 6) is 0.130. The molecule has 0 aliphatic heterocycles. The van der Waals surface area contributed by atoms with Crippen LogP contribution < -0.4 is 5.32 Å². The van der Waals surface area contributed by atoms with Gasteiger partial charge in [-0.2, -0.15) is 5.26 Å². The molecule has 1 aromatic heterocycles. The Labute approximate surface area is 143 Å². The van der Waals surface area contributed by atoms with Crippen molar-refractivity contribution in [2.45, 2.75) is 0 Å². The van der Waals surface area contributed by atoms with Gasteiger partial charge in [-0.05, 0) is 42.7 Å². The van der Waals surface area contributed by atoms with Crippen LogP contribution in [0.5, 0.6) is 0 Å². The van der Waals surface area contributed by atoms with Crippen LogP contribution in [0.25, 0.3) is 11.0 Å². The van der Waals surface area contributed by atoms with Crippen LogP contribution >= 0.6 is 11.8 Å². The molecule has 0 amide bonds. The summed E-state index contributed by atoms with van der Waals surface area (Å²) in [7, 11) is 0. The molecule has 0 unspecified atom stereocenters. The van der Waals surface area contributed by atoms with Crippen LogP contribution in [0.4, 0.5) is 5.69 Å². The monoisotopic (exact) mass is 335 g/mol. The van der Waals surface area contributed by atoms with E-state index in [0.717, 1.165) is 5.39 Å². The first-order chi connectivity index (χ1) is 11.7. The number of rotatable bonds is 3. The molecule has 3 rings (SSSR count). The normalized spacial score (nSPS) is 11.2. The third-order valence-corrected chi connectivity index (χ3v) is 3.95. The zero-order valence-corrected chi connectivity index (χ0v) is 13.6. The van der Waals surface area contributed by atoms with Crippen molar-refractivity contribution in [2.75, 3.05) is 6.26 Å². The molecule has 0 saturated heterocycles. The van der Waals surface area contributed by atoms with Crippen LogP contribution in [0.1, 0.15) is 16.1 Å². The second-order valence-electron chi connectivity index (χ2n) is 4.88. The third kappa shape index (κ3) is 3.31. The lowest BCUT2D eigenvalue weighted by Gasteiger charge is -2.01. The Hall–Kier alpha value is -3.04. The van der Waals surface area contributed by atoms with Crippen molar-refractivity contribution in [2.24, 2.45) is 4.99 Å². The highest BCUT2D eigenvalue weighted by molar-refractivity contribution is 8.13. The van der Waals surface area contributed by atoms with E-state index in [2.05, 4.69) is 10.3 Å². The fraction of sp³-hybridized carbons (Fsp3) is 0.0556. The molecule has 1 heterocycles. The number of ketones is 1. The van der Waals surface area contributed by atoms with Crippen molar-refractivity contribution in [1.82, 2.24) is 5.32 Å². The van der Waals surface area contributed by atoms with Gasteiger partial charge in [-0.3, -0.25) is 10.1 Å². The summed E-state index contributed by atoms with van der Waals surface area (Å²) < 4.78 is 5.60. The minimum atomic E-state index is -0.179. The highest BCUT2D eigenvalue weighted by atomic mass is 32.2. The van der Waals surface area contributed by atoms with Crippen LogP contribution in [0, 0.1) is 11.5 Å². The van der Waals surface area contributed by atoms with Gasteiger partial charge in [0.05, 0.1) is 5.69 Å². The van der Waals surface area contributed by atoms with Gasteiger partial charge >= 0.3 is 0 Å². The van der Waals surface area contributed by atoms with Gasteiger partial charge in [-0.1, -0.05) is 30.0 Å².